The molecule has 6 rings (SSSR count). The van der Waals surface area contributed by atoms with Gasteiger partial charge in [-0.1, -0.05) is 167 Å². The van der Waals surface area contributed by atoms with Crippen LogP contribution in [0.25, 0.3) is 10.9 Å². The predicted octanol–water partition coefficient (Wildman–Crippen LogP) is 10.3. The fourth-order valence-electron chi connectivity index (χ4n) is 5.98. The lowest BCUT2D eigenvalue weighted by Gasteiger charge is -2.33. The molecular weight excluding hydrogens is 658 g/mol. The molecule has 0 aliphatic carbocycles. The minimum absolute atomic E-state index is 0.0431. The maximum atomic E-state index is 13.1. The standard InChI is InChI=1S/C37H37ClNO4Si.C6H6/c1-6-32(40)36(41)42-35-30-24-28(38)22-23-31(30)39(34(26-16-10-7-11-17-26)27-18-12-8-13-19-27)33(35)25(2)43-44(37(3,4)5)29-20-14-9-15-21-29;1-2-4-6-5-3-1/h7-25,34H,6H2,1-5H3;1-6H. The largest absolute Gasteiger partial charge is 0.418 e. The van der Waals surface area contributed by atoms with E-state index >= 15 is 0 Å². The van der Waals surface area contributed by atoms with Gasteiger partial charge in [0.25, 0.3) is 9.04 Å². The van der Waals surface area contributed by atoms with E-state index in [0.29, 0.717) is 21.9 Å². The van der Waals surface area contributed by atoms with Crippen molar-refractivity contribution in [3.8, 4) is 5.75 Å². The summed E-state index contributed by atoms with van der Waals surface area (Å²) in [5.74, 6) is -1.21. The maximum Gasteiger partial charge on any atom is 0.380 e. The molecule has 1 radical (unpaired) electrons. The van der Waals surface area contributed by atoms with E-state index in [1.807, 2.05) is 110 Å². The quantitative estimate of drug-likeness (QED) is 0.0811. The maximum absolute atomic E-state index is 13.1. The highest BCUT2D eigenvalue weighted by atomic mass is 35.5. The van der Waals surface area contributed by atoms with Gasteiger partial charge in [-0.3, -0.25) is 4.79 Å². The molecule has 0 aliphatic rings. The molecule has 0 fully saturated rings. The normalized spacial score (nSPS) is 12.0. The lowest BCUT2D eigenvalue weighted by Crippen LogP contribution is -2.42. The van der Waals surface area contributed by atoms with Crippen molar-refractivity contribution in [1.29, 1.82) is 0 Å². The average molecular weight is 701 g/mol. The highest BCUT2D eigenvalue weighted by Gasteiger charge is 2.37. The third-order valence-electron chi connectivity index (χ3n) is 8.25. The van der Waals surface area contributed by atoms with Gasteiger partial charge >= 0.3 is 5.97 Å². The molecule has 6 aromatic rings. The van der Waals surface area contributed by atoms with Gasteiger partial charge in [0.1, 0.15) is 0 Å². The average Bonchev–Trinajstić information content (AvgIpc) is 3.44. The van der Waals surface area contributed by atoms with Crippen molar-refractivity contribution < 1.29 is 18.8 Å². The van der Waals surface area contributed by atoms with Gasteiger partial charge in [-0.2, -0.15) is 0 Å². The van der Waals surface area contributed by atoms with Crippen LogP contribution < -0.4 is 9.92 Å². The van der Waals surface area contributed by atoms with Crippen LogP contribution in [0.15, 0.2) is 146 Å². The summed E-state index contributed by atoms with van der Waals surface area (Å²) in [6.07, 6.45) is -0.481. The third-order valence-corrected chi connectivity index (χ3v) is 11.3. The molecule has 0 spiro atoms. The molecule has 1 atom stereocenters. The smallest absolute Gasteiger partial charge is 0.380 e. The van der Waals surface area contributed by atoms with E-state index < -0.39 is 26.9 Å². The van der Waals surface area contributed by atoms with Gasteiger partial charge in [-0.25, -0.2) is 4.79 Å². The Hall–Kier alpha value is -4.75. The van der Waals surface area contributed by atoms with Gasteiger partial charge in [0, 0.05) is 16.8 Å². The summed E-state index contributed by atoms with van der Waals surface area (Å²) in [5, 5.41) is 2.12. The number of hydrogen-bond donors (Lipinski definition) is 0. The van der Waals surface area contributed by atoms with E-state index in [9.17, 15) is 9.59 Å². The Labute approximate surface area is 302 Å². The molecule has 1 heterocycles. The summed E-state index contributed by atoms with van der Waals surface area (Å²) < 4.78 is 15.3. The number of ketones is 1. The molecule has 0 saturated heterocycles. The lowest BCUT2D eigenvalue weighted by molar-refractivity contribution is -0.146. The highest BCUT2D eigenvalue weighted by molar-refractivity contribution is 6.70. The first kappa shape index (κ1) is 36.5. The number of ether oxygens (including phenoxy) is 1. The molecule has 0 aliphatic heterocycles. The zero-order chi connectivity index (χ0) is 35.7. The minimum Gasteiger partial charge on any atom is -0.418 e. The van der Waals surface area contributed by atoms with Crippen LogP contribution in [0.4, 0.5) is 0 Å². The molecule has 1 unspecified atom stereocenters. The van der Waals surface area contributed by atoms with E-state index in [0.717, 1.165) is 21.8 Å². The van der Waals surface area contributed by atoms with Crippen molar-refractivity contribution >= 4 is 48.5 Å². The Morgan fingerprint density at radius 1 is 0.740 bits per heavy atom. The van der Waals surface area contributed by atoms with Crippen molar-refractivity contribution in [2.45, 2.75) is 58.2 Å². The molecule has 7 heteroatoms. The number of rotatable bonds is 10. The number of nitrogens with zero attached hydrogens (tertiary/aromatic N) is 1. The van der Waals surface area contributed by atoms with Crippen molar-refractivity contribution in [1.82, 2.24) is 4.57 Å². The number of hydrogen-bond acceptors (Lipinski definition) is 4. The second-order valence-electron chi connectivity index (χ2n) is 13.0. The number of carbonyl (C=O) groups is 2. The van der Waals surface area contributed by atoms with Crippen LogP contribution >= 0.6 is 11.6 Å². The summed E-state index contributed by atoms with van der Waals surface area (Å²) in [6.45, 7) is 10.2. The SMILES string of the molecule is CCC(=O)C(=O)Oc1c(C(C)O[Si](c2ccccc2)C(C)(C)C)n(C(c2ccccc2)c2ccccc2)c2ccc(Cl)cc12.c1ccccc1. The number of carbonyl (C=O) groups excluding carboxylic acids is 2. The number of Topliss-reactive ketones (excluding diaryl/α,β-unsaturated/α-hetero) is 1. The number of fused-ring (bicyclic) bond motifs is 1. The zero-order valence-corrected chi connectivity index (χ0v) is 30.9. The predicted molar refractivity (Wildman–Crippen MR) is 205 cm³/mol. The van der Waals surface area contributed by atoms with Gasteiger partial charge in [-0.15, -0.1) is 0 Å². The lowest BCUT2D eigenvalue weighted by atomic mass is 9.97. The van der Waals surface area contributed by atoms with Gasteiger partial charge in [-0.05, 0) is 46.5 Å². The second kappa shape index (κ2) is 16.8. The van der Waals surface area contributed by atoms with Gasteiger partial charge in [0.05, 0.1) is 23.4 Å². The second-order valence-corrected chi connectivity index (χ2v) is 16.4. The molecule has 5 nitrogen and oxygen atoms in total. The Bertz CT molecular complexity index is 1930. The molecule has 0 N–H and O–H groups in total. The topological polar surface area (TPSA) is 57.5 Å². The van der Waals surface area contributed by atoms with Gasteiger partial charge in [0.15, 0.2) is 5.75 Å². The van der Waals surface area contributed by atoms with E-state index in [1.165, 1.54) is 0 Å². The zero-order valence-electron chi connectivity index (χ0n) is 29.2. The summed E-state index contributed by atoms with van der Waals surface area (Å²) >= 11 is 6.55. The first-order valence-corrected chi connectivity index (χ1v) is 18.7. The van der Waals surface area contributed by atoms with Gasteiger partial charge in [0.2, 0.25) is 5.78 Å². The Morgan fingerprint density at radius 2 is 1.22 bits per heavy atom. The fourth-order valence-corrected chi connectivity index (χ4v) is 8.47. The highest BCUT2D eigenvalue weighted by Crippen LogP contribution is 2.45. The van der Waals surface area contributed by atoms with Crippen LogP contribution in [0.1, 0.15) is 70.0 Å². The summed E-state index contributed by atoms with van der Waals surface area (Å²) in [5.41, 5.74) is 3.57. The number of benzene rings is 5. The van der Waals surface area contributed by atoms with Crippen LogP contribution in [-0.2, 0) is 14.0 Å². The first-order chi connectivity index (χ1) is 24.1. The van der Waals surface area contributed by atoms with E-state index in [1.54, 1.807) is 13.0 Å². The fraction of sp³-hybridized carbons (Fsp3) is 0.209. The van der Waals surface area contributed by atoms with E-state index in [4.69, 9.17) is 20.8 Å². The monoisotopic (exact) mass is 700 g/mol. The van der Waals surface area contributed by atoms with Crippen LogP contribution in [0.2, 0.25) is 10.1 Å². The molecular formula is C43H43ClNO4Si. The summed E-state index contributed by atoms with van der Waals surface area (Å²) in [4.78, 5) is 25.7. The van der Waals surface area contributed by atoms with Gasteiger partial charge < -0.3 is 13.7 Å². The number of halogens is 1. The Balaban J connectivity index is 0.000000732. The van der Waals surface area contributed by atoms with Crippen LogP contribution in [0.3, 0.4) is 0 Å². The van der Waals surface area contributed by atoms with Crippen molar-refractivity contribution in [3.05, 3.63) is 167 Å². The molecule has 0 amide bonds. The number of aromatic nitrogens is 1. The molecule has 0 bridgehead atoms. The third kappa shape index (κ3) is 8.69. The molecule has 5 aromatic carbocycles. The van der Waals surface area contributed by atoms with E-state index in [2.05, 4.69) is 61.7 Å². The number of esters is 1. The molecule has 0 saturated carbocycles. The van der Waals surface area contributed by atoms with Crippen molar-refractivity contribution in [3.63, 3.8) is 0 Å². The Kier molecular flexibility index (Phi) is 12.3. The summed E-state index contributed by atoms with van der Waals surface area (Å²) in [6, 6.07) is 48.0. The van der Waals surface area contributed by atoms with Crippen LogP contribution in [0, 0.1) is 0 Å². The van der Waals surface area contributed by atoms with Crippen molar-refractivity contribution in [2.75, 3.05) is 0 Å². The Morgan fingerprint density at radius 3 is 1.70 bits per heavy atom. The van der Waals surface area contributed by atoms with Crippen molar-refractivity contribution in [2.24, 2.45) is 0 Å². The molecule has 255 valence electrons. The molecule has 50 heavy (non-hydrogen) atoms. The first-order valence-electron chi connectivity index (χ1n) is 16.9. The molecule has 1 aromatic heterocycles. The van der Waals surface area contributed by atoms with Crippen LogP contribution in [0.5, 0.6) is 5.75 Å². The summed E-state index contributed by atoms with van der Waals surface area (Å²) in [7, 11) is -1.61. The van der Waals surface area contributed by atoms with Crippen LogP contribution in [-0.4, -0.2) is 25.4 Å². The minimum atomic E-state index is -1.61. The van der Waals surface area contributed by atoms with E-state index in [-0.39, 0.29) is 17.5 Å².